The summed E-state index contributed by atoms with van der Waals surface area (Å²) in [6.45, 7) is 5.18. The summed E-state index contributed by atoms with van der Waals surface area (Å²) in [7, 11) is 0. The van der Waals surface area contributed by atoms with E-state index in [0.717, 1.165) is 0 Å². The Kier molecular flexibility index (Phi) is 5.85. The molecule has 2 N–H and O–H groups in total. The first-order valence-electron chi connectivity index (χ1n) is 3.92. The van der Waals surface area contributed by atoms with Crippen molar-refractivity contribution in [2.45, 2.75) is 26.4 Å². The number of nitrogens with one attached hydrogen (secondary N) is 1. The molecule has 0 fully saturated rings. The smallest absolute Gasteiger partial charge is 0.412 e. The number of rotatable bonds is 2. The maximum atomic E-state index is 11.2. The molecule has 5 nitrogen and oxygen atoms in total. The van der Waals surface area contributed by atoms with Gasteiger partial charge in [-0.2, -0.15) is 0 Å². The number of carbonyl (C=O) groups is 2. The van der Waals surface area contributed by atoms with Gasteiger partial charge in [-0.3, -0.25) is 5.32 Å². The van der Waals surface area contributed by atoms with Crippen LogP contribution in [0, 0.1) is 0 Å². The average Bonchev–Trinajstić information content (AvgIpc) is 1.98. The summed E-state index contributed by atoms with van der Waals surface area (Å²) in [5, 5.41) is 11.0. The Labute approximate surface area is 115 Å². The molecule has 0 aromatic heterocycles. The second-order valence-electron chi connectivity index (χ2n) is 3.56. The second-order valence-corrected chi connectivity index (χ2v) is 5.72. The lowest BCUT2D eigenvalue weighted by Gasteiger charge is -2.19. The van der Waals surface area contributed by atoms with Crippen molar-refractivity contribution in [1.82, 2.24) is 5.32 Å². The Balaban J connectivity index is 4.44. The zero-order valence-corrected chi connectivity index (χ0v) is 12.7. The Morgan fingerprint density at radius 2 is 1.73 bits per heavy atom. The van der Waals surface area contributed by atoms with Gasteiger partial charge in [0.05, 0.1) is 0 Å². The highest BCUT2D eigenvalue weighted by atomic mass is 127. The number of alkyl carbamates (subject to hydrolysis) is 1. The predicted octanol–water partition coefficient (Wildman–Crippen LogP) is 2.63. The van der Waals surface area contributed by atoms with E-state index in [9.17, 15) is 9.59 Å². The minimum Gasteiger partial charge on any atom is -0.477 e. The lowest BCUT2D eigenvalue weighted by atomic mass is 10.2. The van der Waals surface area contributed by atoms with Crippen molar-refractivity contribution in [3.8, 4) is 0 Å². The maximum absolute atomic E-state index is 11.2. The Morgan fingerprint density at radius 3 is 2.07 bits per heavy atom. The van der Waals surface area contributed by atoms with Crippen LogP contribution in [0.5, 0.6) is 0 Å². The second kappa shape index (κ2) is 5.87. The summed E-state index contributed by atoms with van der Waals surface area (Å²) in [4.78, 5) is 21.8. The van der Waals surface area contributed by atoms with Gasteiger partial charge in [0.25, 0.3) is 0 Å². The first-order chi connectivity index (χ1) is 6.63. The number of carbonyl (C=O) groups excluding carboxylic acids is 1. The molecule has 0 rings (SSSR count). The Bertz CT molecular complexity index is 306. The summed E-state index contributed by atoms with van der Waals surface area (Å²) < 4.78 is 5.23. The molecule has 0 atom stereocenters. The molecule has 0 aliphatic rings. The van der Waals surface area contributed by atoms with E-state index in [1.165, 1.54) is 0 Å². The van der Waals surface area contributed by atoms with Gasteiger partial charge in [-0.25, -0.2) is 9.59 Å². The fourth-order valence-corrected chi connectivity index (χ4v) is 1.13. The number of hydrogen-bond acceptors (Lipinski definition) is 3. The van der Waals surface area contributed by atoms with Gasteiger partial charge in [0.1, 0.15) is 12.9 Å². The van der Waals surface area contributed by atoms with E-state index in [2.05, 4.69) is 5.32 Å². The van der Waals surface area contributed by atoms with Crippen LogP contribution in [0.4, 0.5) is 4.79 Å². The van der Waals surface area contributed by atoms with Crippen molar-refractivity contribution in [3.63, 3.8) is 0 Å². The third-order valence-corrected chi connectivity index (χ3v) is 3.83. The van der Waals surface area contributed by atoms with Crippen LogP contribution in [0.1, 0.15) is 20.8 Å². The molecule has 0 aliphatic carbocycles. The normalized spacial score (nSPS) is 12.9. The number of amides is 1. The molecule has 0 radical (unpaired) electrons. The molecule has 0 aromatic rings. The van der Waals surface area contributed by atoms with E-state index in [1.54, 1.807) is 66.0 Å². The summed E-state index contributed by atoms with van der Waals surface area (Å²) in [6.07, 6.45) is -0.665. The van der Waals surface area contributed by atoms with Gasteiger partial charge < -0.3 is 9.84 Å². The van der Waals surface area contributed by atoms with E-state index >= 15 is 0 Å². The third-order valence-electron chi connectivity index (χ3n) is 0.991. The Morgan fingerprint density at radius 1 is 1.27 bits per heavy atom. The van der Waals surface area contributed by atoms with Crippen LogP contribution >= 0.6 is 45.2 Å². The van der Waals surface area contributed by atoms with E-state index in [0.29, 0.717) is 0 Å². The van der Waals surface area contributed by atoms with Crippen LogP contribution in [0.25, 0.3) is 0 Å². The number of halogens is 2. The van der Waals surface area contributed by atoms with Crippen molar-refractivity contribution in [1.29, 1.82) is 0 Å². The summed E-state index contributed by atoms with van der Waals surface area (Å²) in [5.74, 6) is -1.09. The molecule has 0 saturated heterocycles. The van der Waals surface area contributed by atoms with Crippen molar-refractivity contribution in [2.75, 3.05) is 0 Å². The zero-order chi connectivity index (χ0) is 12.2. The summed E-state index contributed by atoms with van der Waals surface area (Å²) >= 11 is 3.36. The zero-order valence-electron chi connectivity index (χ0n) is 8.43. The fourth-order valence-electron chi connectivity index (χ4n) is 0.542. The van der Waals surface area contributed by atoms with Gasteiger partial charge in [-0.05, 0) is 66.0 Å². The van der Waals surface area contributed by atoms with Crippen LogP contribution in [-0.4, -0.2) is 22.8 Å². The van der Waals surface area contributed by atoms with Gasteiger partial charge in [-0.1, -0.05) is 0 Å². The van der Waals surface area contributed by atoms with Crippen molar-refractivity contribution >= 4 is 57.2 Å². The maximum Gasteiger partial charge on any atom is 0.412 e. The van der Waals surface area contributed by atoms with Crippen LogP contribution in [0.15, 0.2) is 7.28 Å². The van der Waals surface area contributed by atoms with Crippen LogP contribution in [0.3, 0.4) is 0 Å². The Hall–Kier alpha value is -0.0600. The highest BCUT2D eigenvalue weighted by Crippen LogP contribution is 2.17. The van der Waals surface area contributed by atoms with E-state index in [4.69, 9.17) is 9.84 Å². The third kappa shape index (κ3) is 6.93. The molecular weight excluding hydrogens is 428 g/mol. The SMILES string of the molecule is CC(C)(C)OC(=O)N/C(I)=C(/I)C(=O)O. The van der Waals surface area contributed by atoms with Crippen molar-refractivity contribution in [3.05, 3.63) is 7.28 Å². The quantitative estimate of drug-likeness (QED) is 0.395. The van der Waals surface area contributed by atoms with Gasteiger partial charge in [0.2, 0.25) is 0 Å². The molecule has 0 bridgehead atoms. The molecule has 0 heterocycles. The van der Waals surface area contributed by atoms with Crippen LogP contribution in [0.2, 0.25) is 0 Å². The highest BCUT2D eigenvalue weighted by molar-refractivity contribution is 14.1. The number of aliphatic carboxylic acids is 1. The van der Waals surface area contributed by atoms with Gasteiger partial charge >= 0.3 is 12.1 Å². The number of ether oxygens (including phenoxy) is 1. The van der Waals surface area contributed by atoms with Gasteiger partial charge in [0, 0.05) is 0 Å². The first-order valence-corrected chi connectivity index (χ1v) is 6.08. The molecule has 86 valence electrons. The van der Waals surface area contributed by atoms with E-state index in [-0.39, 0.29) is 7.28 Å². The molecule has 0 saturated carbocycles. The topological polar surface area (TPSA) is 75.6 Å². The molecular formula is C8H11I2NO4. The molecule has 7 heteroatoms. The minimum atomic E-state index is -1.09. The number of carboxylic acid groups (broad SMARTS) is 1. The lowest BCUT2D eigenvalue weighted by molar-refractivity contribution is -0.131. The van der Waals surface area contributed by atoms with Crippen LogP contribution < -0.4 is 5.32 Å². The predicted molar refractivity (Wildman–Crippen MR) is 72.1 cm³/mol. The molecule has 15 heavy (non-hydrogen) atoms. The largest absolute Gasteiger partial charge is 0.477 e. The molecule has 0 unspecified atom stereocenters. The van der Waals surface area contributed by atoms with Gasteiger partial charge in [0.15, 0.2) is 0 Å². The van der Waals surface area contributed by atoms with Gasteiger partial charge in [-0.15, -0.1) is 0 Å². The molecule has 0 spiro atoms. The molecule has 0 aromatic carbocycles. The first kappa shape index (κ1) is 14.9. The van der Waals surface area contributed by atoms with E-state index in [1.807, 2.05) is 0 Å². The minimum absolute atomic E-state index is 0.0408. The lowest BCUT2D eigenvalue weighted by Crippen LogP contribution is -2.31. The molecule has 1 amide bonds. The monoisotopic (exact) mass is 439 g/mol. The number of carboxylic acids is 1. The summed E-state index contributed by atoms with van der Waals surface area (Å²) in [6, 6.07) is 0. The van der Waals surface area contributed by atoms with Crippen LogP contribution in [-0.2, 0) is 9.53 Å². The molecule has 0 aliphatic heterocycles. The van der Waals surface area contributed by atoms with Crippen molar-refractivity contribution < 1.29 is 19.4 Å². The van der Waals surface area contributed by atoms with E-state index < -0.39 is 17.7 Å². The highest BCUT2D eigenvalue weighted by Gasteiger charge is 2.18. The average molecular weight is 439 g/mol. The standard InChI is InChI=1S/C8H11I2NO4/c1-8(2,3)15-7(14)11-5(10)4(9)6(12)13/h1-3H3,(H,11,14)(H,12,13)/b5-4+. The van der Waals surface area contributed by atoms with Crippen molar-refractivity contribution in [2.24, 2.45) is 0 Å². The number of hydrogen-bond donors (Lipinski definition) is 2. The fraction of sp³-hybridized carbons (Fsp3) is 0.500. The summed E-state index contributed by atoms with van der Waals surface area (Å²) in [5.41, 5.74) is -0.602.